The zero-order valence-electron chi connectivity index (χ0n) is 39.2. The van der Waals surface area contributed by atoms with Crippen molar-refractivity contribution in [1.82, 2.24) is 19.9 Å². The number of methoxy groups -OCH3 is 2. The molecule has 1 aliphatic rings. The molecule has 0 bridgehead atoms. The fourth-order valence-electron chi connectivity index (χ4n) is 9.10. The molecule has 3 unspecified atom stereocenters. The molecule has 7 rings (SSSR count). The lowest BCUT2D eigenvalue weighted by molar-refractivity contribution is -0.275. The minimum atomic E-state index is -5.08. The molecule has 0 fully saturated rings. The highest BCUT2D eigenvalue weighted by Crippen LogP contribution is 2.57. The largest absolute Gasteiger partial charge is 0.496 e. The first-order chi connectivity index (χ1) is 32.7. The lowest BCUT2D eigenvalue weighted by Crippen LogP contribution is -2.58. The van der Waals surface area contributed by atoms with Crippen LogP contribution in [0.3, 0.4) is 0 Å². The number of nitrogens with zero attached hydrogens (tertiary/aromatic N) is 7. The number of hydrogen-bond acceptors (Lipinski definition) is 12. The fraction of sp³-hybridized carbons (Fsp3) is 0.380. The Hall–Kier alpha value is -7.03. The number of anilines is 1. The first-order valence-electron chi connectivity index (χ1n) is 21.5. The number of nitrogens with one attached hydrogen (secondary N) is 1. The van der Waals surface area contributed by atoms with Gasteiger partial charge in [0.1, 0.15) is 45.8 Å². The lowest BCUT2D eigenvalue weighted by atomic mass is 9.63. The maximum Gasteiger partial charge on any atom is 0.422 e. The first-order valence-corrected chi connectivity index (χ1v) is 21.5. The molecular formula is C50H48F8N8O4. The minimum Gasteiger partial charge on any atom is -0.496 e. The molecule has 12 nitrogen and oxygen atoms in total. The van der Waals surface area contributed by atoms with E-state index in [-0.39, 0.29) is 57.3 Å². The number of fused-ring (bicyclic) bond motifs is 3. The Morgan fingerprint density at radius 1 is 0.814 bits per heavy atom. The van der Waals surface area contributed by atoms with E-state index in [9.17, 15) is 50.6 Å². The van der Waals surface area contributed by atoms with Gasteiger partial charge in [-0.1, -0.05) is 58.0 Å². The molecule has 0 radical (unpaired) electrons. The number of aromatic nitrogens is 4. The normalized spacial score (nSPS) is 17.7. The van der Waals surface area contributed by atoms with Crippen LogP contribution in [-0.2, 0) is 23.7 Å². The van der Waals surface area contributed by atoms with Gasteiger partial charge in [0.15, 0.2) is 11.2 Å². The second kappa shape index (κ2) is 19.4. The van der Waals surface area contributed by atoms with Crippen molar-refractivity contribution in [3.05, 3.63) is 118 Å². The second-order valence-electron chi connectivity index (χ2n) is 18.2. The number of aryl methyl sites for hydroxylation is 2. The van der Waals surface area contributed by atoms with Crippen LogP contribution in [0.2, 0.25) is 0 Å². The summed E-state index contributed by atoms with van der Waals surface area (Å²) in [6.45, 7) is 9.40. The van der Waals surface area contributed by atoms with Gasteiger partial charge in [-0.15, -0.1) is 0 Å². The van der Waals surface area contributed by atoms with E-state index in [0.717, 1.165) is 12.1 Å². The third kappa shape index (κ3) is 10.0. The zero-order chi connectivity index (χ0) is 51.8. The van der Waals surface area contributed by atoms with E-state index in [1.807, 2.05) is 12.1 Å². The molecule has 0 amide bonds. The van der Waals surface area contributed by atoms with Crippen LogP contribution in [0.5, 0.6) is 11.5 Å². The Kier molecular flexibility index (Phi) is 14.5. The molecule has 20 heteroatoms. The number of ether oxygens (including phenoxy) is 2. The number of benzene rings is 4. The minimum absolute atomic E-state index is 0.00740. The Morgan fingerprint density at radius 3 is 1.93 bits per heavy atom. The first kappa shape index (κ1) is 52.3. The summed E-state index contributed by atoms with van der Waals surface area (Å²) in [5.74, 6) is -0.111. The standard InChI is InChI=1S/2C25H24F4N4O2/c1-13-31-11-16-18(8-7-17(26)20(16)32-13)33-22-15-6-5-14(9-10-30)21(35-4)19(15)23(2,3)12-24(22,34)25(27,28)29;1-15-31-12-17-20(9-8-19(26)21(17)33-15)32-14-24(34,25(27,28)29)13-23(2,3)18-7-5-6-16(10-11-30)22(18)35-4/h5-8,11,22,33-34H,9,12H2,1-4H3;5-9,12,14,34H,10,13H2,1-4H3. The van der Waals surface area contributed by atoms with Gasteiger partial charge in [0.2, 0.25) is 0 Å². The van der Waals surface area contributed by atoms with Crippen molar-refractivity contribution < 1.29 is 54.8 Å². The number of aliphatic imine (C=N–C) groups is 1. The Morgan fingerprint density at radius 2 is 1.37 bits per heavy atom. The number of para-hydroxylation sites is 1. The van der Waals surface area contributed by atoms with Gasteiger partial charge in [0.25, 0.3) is 0 Å². The molecule has 3 atom stereocenters. The van der Waals surface area contributed by atoms with Crippen molar-refractivity contribution in [2.45, 2.75) is 108 Å². The van der Waals surface area contributed by atoms with Gasteiger partial charge in [-0.05, 0) is 67.3 Å². The molecule has 0 saturated carbocycles. The zero-order valence-corrected chi connectivity index (χ0v) is 39.2. The van der Waals surface area contributed by atoms with E-state index in [0.29, 0.717) is 45.9 Å². The van der Waals surface area contributed by atoms with Gasteiger partial charge in [-0.3, -0.25) is 4.99 Å². The summed E-state index contributed by atoms with van der Waals surface area (Å²) in [6.07, 6.45) is -8.49. The molecule has 2 heterocycles. The average Bonchev–Trinajstić information content (AvgIpc) is 3.27. The van der Waals surface area contributed by atoms with E-state index >= 15 is 0 Å². The monoisotopic (exact) mass is 976 g/mol. The molecule has 4 aromatic carbocycles. The highest BCUT2D eigenvalue weighted by molar-refractivity contribution is 5.92. The second-order valence-corrected chi connectivity index (χ2v) is 18.2. The van der Waals surface area contributed by atoms with Crippen molar-refractivity contribution in [1.29, 1.82) is 10.5 Å². The molecular weight excluding hydrogens is 929 g/mol. The third-order valence-electron chi connectivity index (χ3n) is 12.3. The van der Waals surface area contributed by atoms with Crippen LogP contribution < -0.4 is 14.8 Å². The highest BCUT2D eigenvalue weighted by Gasteiger charge is 2.64. The summed E-state index contributed by atoms with van der Waals surface area (Å²) in [7, 11) is 2.77. The topological polar surface area (TPSA) is 182 Å². The van der Waals surface area contributed by atoms with Gasteiger partial charge in [-0.2, -0.15) is 36.9 Å². The van der Waals surface area contributed by atoms with E-state index in [1.54, 1.807) is 45.9 Å². The quantitative estimate of drug-likeness (QED) is 0.0830. The third-order valence-corrected chi connectivity index (χ3v) is 12.3. The Labute approximate surface area is 397 Å². The smallest absolute Gasteiger partial charge is 0.422 e. The van der Waals surface area contributed by atoms with Crippen molar-refractivity contribution in [2.75, 3.05) is 19.5 Å². The van der Waals surface area contributed by atoms with E-state index < -0.39 is 64.9 Å². The van der Waals surface area contributed by atoms with Crippen molar-refractivity contribution in [3.8, 4) is 23.6 Å². The van der Waals surface area contributed by atoms with E-state index in [1.165, 1.54) is 64.7 Å². The fourth-order valence-corrected chi connectivity index (χ4v) is 9.10. The molecule has 70 heavy (non-hydrogen) atoms. The van der Waals surface area contributed by atoms with Crippen LogP contribution in [0, 0.1) is 48.1 Å². The van der Waals surface area contributed by atoms with Crippen LogP contribution in [0.4, 0.5) is 46.5 Å². The van der Waals surface area contributed by atoms with Gasteiger partial charge >= 0.3 is 12.4 Å². The number of hydrogen-bond donors (Lipinski definition) is 3. The molecule has 368 valence electrons. The van der Waals surface area contributed by atoms with Crippen LogP contribution in [-0.4, -0.2) is 74.1 Å². The van der Waals surface area contributed by atoms with E-state index in [2.05, 4.69) is 30.2 Å². The van der Waals surface area contributed by atoms with Crippen LogP contribution >= 0.6 is 0 Å². The van der Waals surface area contributed by atoms with Crippen LogP contribution in [0.25, 0.3) is 21.8 Å². The number of aliphatic hydroxyl groups is 2. The Bertz CT molecular complexity index is 3070. The molecule has 0 spiro atoms. The maximum absolute atomic E-state index is 14.5. The molecule has 6 aromatic rings. The summed E-state index contributed by atoms with van der Waals surface area (Å²) < 4.78 is 126. The lowest BCUT2D eigenvalue weighted by Gasteiger charge is -2.49. The molecule has 2 aromatic heterocycles. The summed E-state index contributed by atoms with van der Waals surface area (Å²) in [5.41, 5.74) is -6.81. The number of halogens is 8. The maximum atomic E-state index is 14.5. The molecule has 1 aliphatic carbocycles. The summed E-state index contributed by atoms with van der Waals surface area (Å²) in [6, 6.07) is 14.9. The van der Waals surface area contributed by atoms with Gasteiger partial charge < -0.3 is 25.0 Å². The van der Waals surface area contributed by atoms with Crippen LogP contribution in [0.1, 0.15) is 86.0 Å². The number of rotatable bonds is 11. The molecule has 0 aliphatic heterocycles. The SMILES string of the molecule is COc1c(CC#N)ccc2c1C(C)(C)CC(O)(C(F)(F)F)C2Nc1ccc(F)c2nc(C)ncc12.COc1c(CC#N)cccc1C(C)(C)CC(O)(C=Nc1ccc(F)c2nc(C)ncc12)C(F)(F)F. The predicted molar refractivity (Wildman–Crippen MR) is 245 cm³/mol. The summed E-state index contributed by atoms with van der Waals surface area (Å²) in [4.78, 5) is 20.0. The Balaban J connectivity index is 0.000000230. The summed E-state index contributed by atoms with van der Waals surface area (Å²) >= 11 is 0. The van der Waals surface area contributed by atoms with Gasteiger partial charge in [0.05, 0.1) is 50.9 Å². The number of nitriles is 2. The highest BCUT2D eigenvalue weighted by atomic mass is 19.4. The number of alkyl halides is 6. The van der Waals surface area contributed by atoms with Crippen LogP contribution in [0.15, 0.2) is 72.0 Å². The van der Waals surface area contributed by atoms with Gasteiger partial charge in [-0.25, -0.2) is 28.7 Å². The average molecular weight is 977 g/mol. The van der Waals surface area contributed by atoms with Crippen molar-refractivity contribution in [2.24, 2.45) is 4.99 Å². The van der Waals surface area contributed by atoms with Crippen molar-refractivity contribution in [3.63, 3.8) is 0 Å². The van der Waals surface area contributed by atoms with Crippen molar-refractivity contribution >= 4 is 39.4 Å². The predicted octanol–water partition coefficient (Wildman–Crippen LogP) is 10.8. The van der Waals surface area contributed by atoms with Gasteiger partial charge in [0, 0.05) is 57.3 Å². The van der Waals surface area contributed by atoms with E-state index in [4.69, 9.17) is 14.7 Å². The molecule has 3 N–H and O–H groups in total. The molecule has 0 saturated heterocycles. The summed E-state index contributed by atoms with van der Waals surface area (Å²) in [5, 5.41) is 43.5.